The van der Waals surface area contributed by atoms with Gasteiger partial charge in [0.1, 0.15) is 16.7 Å². The number of benzene rings is 2. The van der Waals surface area contributed by atoms with Crippen molar-refractivity contribution in [2.45, 2.75) is 6.92 Å². The molecule has 0 saturated heterocycles. The smallest absolute Gasteiger partial charge is 0.347 e. The Morgan fingerprint density at radius 2 is 1.45 bits per heavy atom. The number of anilines is 2. The normalized spacial score (nSPS) is 11.4. The van der Waals surface area contributed by atoms with Crippen LogP contribution in [0.25, 0.3) is 28.0 Å². The van der Waals surface area contributed by atoms with Crippen molar-refractivity contribution >= 4 is 45.2 Å². The number of ketones is 1. The van der Waals surface area contributed by atoms with Crippen LogP contribution in [0.15, 0.2) is 73.0 Å². The van der Waals surface area contributed by atoms with E-state index in [-0.39, 0.29) is 11.1 Å². The van der Waals surface area contributed by atoms with Crippen molar-refractivity contribution in [3.63, 3.8) is 0 Å². The van der Waals surface area contributed by atoms with Crippen LogP contribution in [0.5, 0.6) is 0 Å². The molecule has 0 bridgehead atoms. The zero-order valence-corrected chi connectivity index (χ0v) is 18.9. The summed E-state index contributed by atoms with van der Waals surface area (Å²) in [6.07, 6.45) is 2.54. The minimum atomic E-state index is -0.730. The van der Waals surface area contributed by atoms with E-state index < -0.39 is 17.0 Å². The maximum absolute atomic E-state index is 12.7. The van der Waals surface area contributed by atoms with Crippen LogP contribution in [-0.4, -0.2) is 33.5 Å². The predicted octanol–water partition coefficient (Wildman–Crippen LogP) is 4.32. The highest BCUT2D eigenvalue weighted by Gasteiger charge is 2.13. The predicted molar refractivity (Wildman–Crippen MR) is 132 cm³/mol. The number of carbonyl (C=O) groups is 1. The molecule has 4 aromatic rings. The van der Waals surface area contributed by atoms with Gasteiger partial charge >= 0.3 is 11.3 Å². The number of allylic oxidation sites excluding steroid dienone is 1. The molecule has 168 valence electrons. The Hall–Kier alpha value is -4.13. The molecule has 0 amide bonds. The minimum Gasteiger partial charge on any atom is -0.422 e. The van der Waals surface area contributed by atoms with Crippen molar-refractivity contribution in [2.24, 2.45) is 0 Å². The van der Waals surface area contributed by atoms with Gasteiger partial charge in [0.05, 0.1) is 5.56 Å². The van der Waals surface area contributed by atoms with Gasteiger partial charge in [0.15, 0.2) is 5.78 Å². The molecule has 0 fully saturated rings. The Morgan fingerprint density at radius 3 is 2.12 bits per heavy atom. The number of hydrogen-bond donors (Lipinski definition) is 0. The standard InChI is InChI=1S/C26H24N2O5/c1-5-28(4)20-10-7-16-12-18(25(30)32-24(16)15-20)8-11-22(29)21-13-17-6-9-19(27(2)3)14-23(17)33-26(21)31/h6-15H,5H2,1-4H3/b11-8+. The van der Waals surface area contributed by atoms with Crippen molar-refractivity contribution in [2.75, 3.05) is 37.5 Å². The second-order valence-corrected chi connectivity index (χ2v) is 7.99. The van der Waals surface area contributed by atoms with Crippen LogP contribution in [0.2, 0.25) is 0 Å². The maximum Gasteiger partial charge on any atom is 0.347 e. The van der Waals surface area contributed by atoms with Crippen LogP contribution >= 0.6 is 0 Å². The lowest BCUT2D eigenvalue weighted by molar-refractivity contribution is 0.104. The first kappa shape index (κ1) is 22.1. The Balaban J connectivity index is 1.65. The lowest BCUT2D eigenvalue weighted by Crippen LogP contribution is -2.15. The number of rotatable bonds is 6. The first-order valence-corrected chi connectivity index (χ1v) is 10.5. The van der Waals surface area contributed by atoms with E-state index in [4.69, 9.17) is 8.83 Å². The summed E-state index contributed by atoms with van der Waals surface area (Å²) in [5.74, 6) is -0.554. The number of fused-ring (bicyclic) bond motifs is 2. The molecular weight excluding hydrogens is 420 g/mol. The lowest BCUT2D eigenvalue weighted by atomic mass is 10.1. The largest absolute Gasteiger partial charge is 0.422 e. The molecule has 7 heteroatoms. The summed E-state index contributed by atoms with van der Waals surface area (Å²) in [5, 5.41) is 1.37. The fourth-order valence-corrected chi connectivity index (χ4v) is 3.46. The fourth-order valence-electron chi connectivity index (χ4n) is 3.46. The van der Waals surface area contributed by atoms with Gasteiger partial charge in [-0.3, -0.25) is 4.79 Å². The molecule has 2 heterocycles. The minimum absolute atomic E-state index is 0.103. The summed E-state index contributed by atoms with van der Waals surface area (Å²) in [4.78, 5) is 41.4. The van der Waals surface area contributed by atoms with E-state index in [9.17, 15) is 14.4 Å². The second-order valence-electron chi connectivity index (χ2n) is 7.99. The van der Waals surface area contributed by atoms with E-state index in [2.05, 4.69) is 0 Å². The van der Waals surface area contributed by atoms with Crippen molar-refractivity contribution in [3.8, 4) is 0 Å². The molecule has 0 aliphatic rings. The summed E-state index contributed by atoms with van der Waals surface area (Å²) in [6, 6.07) is 14.2. The van der Waals surface area contributed by atoms with E-state index in [1.165, 1.54) is 18.2 Å². The molecule has 33 heavy (non-hydrogen) atoms. The molecule has 0 saturated carbocycles. The van der Waals surface area contributed by atoms with Gasteiger partial charge in [0.2, 0.25) is 0 Å². The molecule has 0 unspecified atom stereocenters. The fraction of sp³-hybridized carbons (Fsp3) is 0.192. The molecule has 0 aliphatic heterocycles. The number of nitrogens with zero attached hydrogens (tertiary/aromatic N) is 2. The first-order valence-electron chi connectivity index (χ1n) is 10.5. The van der Waals surface area contributed by atoms with Crippen LogP contribution in [0, 0.1) is 0 Å². The highest BCUT2D eigenvalue weighted by Crippen LogP contribution is 2.22. The zero-order chi connectivity index (χ0) is 23.7. The van der Waals surface area contributed by atoms with Crippen LogP contribution in [-0.2, 0) is 0 Å². The van der Waals surface area contributed by atoms with Crippen LogP contribution in [0.3, 0.4) is 0 Å². The molecule has 0 radical (unpaired) electrons. The Labute approximate surface area is 190 Å². The third kappa shape index (κ3) is 4.43. The SMILES string of the molecule is CCN(C)c1ccc2cc(/C=C/C(=O)c3cc4ccc(N(C)C)cc4oc3=O)c(=O)oc2c1. The van der Waals surface area contributed by atoms with E-state index in [0.29, 0.717) is 16.6 Å². The molecular formula is C26H24N2O5. The molecule has 2 aromatic heterocycles. The van der Waals surface area contributed by atoms with E-state index in [1.807, 2.05) is 56.1 Å². The molecule has 7 nitrogen and oxygen atoms in total. The van der Waals surface area contributed by atoms with Crippen LogP contribution in [0.4, 0.5) is 11.4 Å². The Bertz CT molecular complexity index is 1510. The molecule has 0 atom stereocenters. The van der Waals surface area contributed by atoms with Crippen molar-refractivity contribution in [3.05, 3.63) is 86.6 Å². The topological polar surface area (TPSA) is 84.0 Å². The van der Waals surface area contributed by atoms with Gasteiger partial charge in [-0.1, -0.05) is 0 Å². The van der Waals surface area contributed by atoms with E-state index in [0.717, 1.165) is 23.3 Å². The third-order valence-corrected chi connectivity index (χ3v) is 5.58. The average molecular weight is 444 g/mol. The van der Waals surface area contributed by atoms with Crippen molar-refractivity contribution < 1.29 is 13.6 Å². The number of hydrogen-bond acceptors (Lipinski definition) is 7. The van der Waals surface area contributed by atoms with Gasteiger partial charge in [0.25, 0.3) is 0 Å². The van der Waals surface area contributed by atoms with Gasteiger partial charge in [-0.15, -0.1) is 0 Å². The van der Waals surface area contributed by atoms with Crippen LogP contribution < -0.4 is 21.1 Å². The summed E-state index contributed by atoms with van der Waals surface area (Å²) < 4.78 is 10.8. The third-order valence-electron chi connectivity index (χ3n) is 5.58. The second kappa shape index (κ2) is 8.78. The van der Waals surface area contributed by atoms with Gasteiger partial charge in [0, 0.05) is 62.0 Å². The molecule has 0 N–H and O–H groups in total. The summed E-state index contributed by atoms with van der Waals surface area (Å²) in [6.45, 7) is 2.85. The highest BCUT2D eigenvalue weighted by atomic mass is 16.4. The summed E-state index contributed by atoms with van der Waals surface area (Å²) >= 11 is 0. The summed E-state index contributed by atoms with van der Waals surface area (Å²) in [7, 11) is 5.72. The monoisotopic (exact) mass is 444 g/mol. The van der Waals surface area contributed by atoms with E-state index >= 15 is 0 Å². The van der Waals surface area contributed by atoms with Crippen molar-refractivity contribution in [1.29, 1.82) is 0 Å². The highest BCUT2D eigenvalue weighted by molar-refractivity contribution is 6.08. The molecule has 0 spiro atoms. The van der Waals surface area contributed by atoms with E-state index in [1.54, 1.807) is 24.3 Å². The van der Waals surface area contributed by atoms with Gasteiger partial charge in [-0.25, -0.2) is 9.59 Å². The van der Waals surface area contributed by atoms with Gasteiger partial charge < -0.3 is 18.6 Å². The van der Waals surface area contributed by atoms with Gasteiger partial charge in [-0.2, -0.15) is 0 Å². The molecule has 0 aliphatic carbocycles. The maximum atomic E-state index is 12.7. The Morgan fingerprint density at radius 1 is 0.848 bits per heavy atom. The Kier molecular flexibility index (Phi) is 5.87. The van der Waals surface area contributed by atoms with Crippen LogP contribution in [0.1, 0.15) is 22.8 Å². The average Bonchev–Trinajstić information content (AvgIpc) is 2.80. The zero-order valence-electron chi connectivity index (χ0n) is 18.9. The lowest BCUT2D eigenvalue weighted by Gasteiger charge is -2.16. The summed E-state index contributed by atoms with van der Waals surface area (Å²) in [5.41, 5.74) is 1.50. The van der Waals surface area contributed by atoms with Gasteiger partial charge in [-0.05, 0) is 55.5 Å². The quantitative estimate of drug-likeness (QED) is 0.249. The molecule has 4 rings (SSSR count). The number of carbonyl (C=O) groups excluding carboxylic acids is 1. The van der Waals surface area contributed by atoms with Crippen molar-refractivity contribution in [1.82, 2.24) is 0 Å². The molecule has 2 aromatic carbocycles. The first-order chi connectivity index (χ1) is 15.8.